The highest BCUT2D eigenvalue weighted by Crippen LogP contribution is 2.07. The van der Waals surface area contributed by atoms with Gasteiger partial charge in [0.1, 0.15) is 0 Å². The molecule has 0 spiro atoms. The average molecular weight is 163 g/mol. The van der Waals surface area contributed by atoms with Crippen molar-refractivity contribution in [2.45, 2.75) is 20.8 Å². The van der Waals surface area contributed by atoms with Gasteiger partial charge in [-0.25, -0.2) is 0 Å². The van der Waals surface area contributed by atoms with Gasteiger partial charge >= 0.3 is 0 Å². The summed E-state index contributed by atoms with van der Waals surface area (Å²) in [5.41, 5.74) is 5.97. The first kappa shape index (κ1) is 10.6. The number of allylic oxidation sites excluding steroid dienone is 2. The lowest BCUT2D eigenvalue weighted by atomic mass is 10.0. The highest BCUT2D eigenvalue weighted by Gasteiger charge is 2.06. The van der Waals surface area contributed by atoms with Gasteiger partial charge in [0.15, 0.2) is 5.78 Å². The Morgan fingerprint density at radius 1 is 1.50 bits per heavy atom. The van der Waals surface area contributed by atoms with Crippen LogP contribution in [0.25, 0.3) is 0 Å². The Labute approximate surface area is 72.8 Å². The third kappa shape index (κ3) is 3.72. The number of ketones is 1. The molecule has 12 heavy (non-hydrogen) atoms. The zero-order valence-electron chi connectivity index (χ0n) is 7.64. The van der Waals surface area contributed by atoms with E-state index in [4.69, 9.17) is 5.41 Å². The minimum absolute atomic E-state index is 0.0101. The molecule has 64 valence electrons. The van der Waals surface area contributed by atoms with Gasteiger partial charge in [0.2, 0.25) is 0 Å². The van der Waals surface area contributed by atoms with Crippen LogP contribution in [0.5, 0.6) is 0 Å². The molecule has 0 atom stereocenters. The van der Waals surface area contributed by atoms with Crippen molar-refractivity contribution in [2.75, 3.05) is 0 Å². The van der Waals surface area contributed by atoms with E-state index in [9.17, 15) is 4.79 Å². The topological polar surface area (TPSA) is 40.9 Å². The molecule has 0 saturated carbocycles. The van der Waals surface area contributed by atoms with E-state index in [0.717, 1.165) is 6.21 Å². The lowest BCUT2D eigenvalue weighted by molar-refractivity contribution is -0.114. The first-order chi connectivity index (χ1) is 5.59. The van der Waals surface area contributed by atoms with Crippen LogP contribution in [-0.2, 0) is 4.79 Å². The fraction of sp³-hybridized carbons (Fsp3) is 0.400. The van der Waals surface area contributed by atoms with Crippen LogP contribution < -0.4 is 0 Å². The molecule has 0 aliphatic carbocycles. The Bertz CT molecular complexity index is 274. The summed E-state index contributed by atoms with van der Waals surface area (Å²) in [6, 6.07) is 0. The predicted octanol–water partition coefficient (Wildman–Crippen LogP) is 2.12. The summed E-state index contributed by atoms with van der Waals surface area (Å²) in [6.07, 6.45) is 2.51. The Kier molecular flexibility index (Phi) is 4.71. The van der Waals surface area contributed by atoms with E-state index in [0.29, 0.717) is 5.57 Å². The van der Waals surface area contributed by atoms with Gasteiger partial charge in [-0.15, -0.1) is 0 Å². The van der Waals surface area contributed by atoms with Gasteiger partial charge in [0.25, 0.3) is 0 Å². The molecule has 0 amide bonds. The molecule has 2 nitrogen and oxygen atoms in total. The van der Waals surface area contributed by atoms with Gasteiger partial charge in [-0.1, -0.05) is 25.3 Å². The fourth-order valence-corrected chi connectivity index (χ4v) is 0.800. The predicted molar refractivity (Wildman–Crippen MR) is 49.4 cm³/mol. The van der Waals surface area contributed by atoms with Crippen molar-refractivity contribution in [3.8, 4) is 0 Å². The molecule has 1 N–H and O–H groups in total. The molecule has 0 heterocycles. The normalized spacial score (nSPS) is 8.33. The summed E-state index contributed by atoms with van der Waals surface area (Å²) in [5.74, 6) is 0.171. The maximum Gasteiger partial charge on any atom is 0.164 e. The van der Waals surface area contributed by atoms with Crippen LogP contribution >= 0.6 is 0 Å². The highest BCUT2D eigenvalue weighted by atomic mass is 16.1. The summed E-state index contributed by atoms with van der Waals surface area (Å²) < 4.78 is 0. The SMILES string of the molecule is CC(=O)C(=C=C=CC=N)C(C)C. The summed E-state index contributed by atoms with van der Waals surface area (Å²) in [7, 11) is 0. The number of hydrogen-bond acceptors (Lipinski definition) is 2. The van der Waals surface area contributed by atoms with Crippen LogP contribution in [0.1, 0.15) is 20.8 Å². The zero-order chi connectivity index (χ0) is 9.56. The van der Waals surface area contributed by atoms with Crippen molar-refractivity contribution >= 4 is 12.0 Å². The quantitative estimate of drug-likeness (QED) is 0.386. The average Bonchev–Trinajstić information content (AvgIpc) is 1.96. The van der Waals surface area contributed by atoms with Gasteiger partial charge < -0.3 is 5.41 Å². The van der Waals surface area contributed by atoms with E-state index in [1.807, 2.05) is 13.8 Å². The summed E-state index contributed by atoms with van der Waals surface area (Å²) >= 11 is 0. The zero-order valence-corrected chi connectivity index (χ0v) is 7.64. The molecule has 0 unspecified atom stereocenters. The molecule has 0 aliphatic heterocycles. The number of Topliss-reactive ketones (excluding diaryl/α,β-unsaturated/α-hetero) is 1. The van der Waals surface area contributed by atoms with E-state index in [2.05, 4.69) is 11.5 Å². The van der Waals surface area contributed by atoms with Crippen molar-refractivity contribution in [2.24, 2.45) is 5.92 Å². The lowest BCUT2D eigenvalue weighted by Crippen LogP contribution is -2.02. The van der Waals surface area contributed by atoms with E-state index < -0.39 is 0 Å². The Hall–Kier alpha value is -1.36. The van der Waals surface area contributed by atoms with Crippen molar-refractivity contribution < 1.29 is 4.79 Å². The van der Waals surface area contributed by atoms with Crippen LogP contribution in [-0.4, -0.2) is 12.0 Å². The second-order valence-corrected chi connectivity index (χ2v) is 2.73. The van der Waals surface area contributed by atoms with Crippen molar-refractivity contribution in [3.63, 3.8) is 0 Å². The summed E-state index contributed by atoms with van der Waals surface area (Å²) in [6.45, 7) is 5.36. The van der Waals surface area contributed by atoms with E-state index in [-0.39, 0.29) is 11.7 Å². The minimum atomic E-state index is 0.0101. The number of carbonyl (C=O) groups excluding carboxylic acids is 1. The first-order valence-electron chi connectivity index (χ1n) is 3.81. The van der Waals surface area contributed by atoms with Crippen LogP contribution in [0.4, 0.5) is 0 Å². The van der Waals surface area contributed by atoms with E-state index in [1.165, 1.54) is 13.0 Å². The molecular formula is C10H13NO. The molecule has 0 rings (SSSR count). The number of carbonyl (C=O) groups is 1. The fourth-order valence-electron chi connectivity index (χ4n) is 0.800. The third-order valence-electron chi connectivity index (χ3n) is 1.33. The van der Waals surface area contributed by atoms with Gasteiger partial charge in [-0.2, -0.15) is 0 Å². The van der Waals surface area contributed by atoms with Gasteiger partial charge in [0, 0.05) is 17.9 Å². The molecule has 0 aromatic heterocycles. The van der Waals surface area contributed by atoms with Crippen LogP contribution in [0.15, 0.2) is 23.1 Å². The largest absolute Gasteiger partial charge is 0.308 e. The van der Waals surface area contributed by atoms with Crippen molar-refractivity contribution in [1.29, 1.82) is 5.41 Å². The molecule has 0 aliphatic rings. The van der Waals surface area contributed by atoms with Crippen LogP contribution in [0.2, 0.25) is 0 Å². The smallest absolute Gasteiger partial charge is 0.164 e. The molecule has 0 fully saturated rings. The number of hydrogen-bond donors (Lipinski definition) is 1. The molecule has 0 radical (unpaired) electrons. The second-order valence-electron chi connectivity index (χ2n) is 2.73. The molecule has 2 heteroatoms. The minimum Gasteiger partial charge on any atom is -0.308 e. The number of nitrogens with one attached hydrogen (secondary N) is 1. The van der Waals surface area contributed by atoms with E-state index >= 15 is 0 Å². The monoisotopic (exact) mass is 163 g/mol. The molecule has 0 bridgehead atoms. The molecular weight excluding hydrogens is 150 g/mol. The Balaban J connectivity index is 4.98. The maximum atomic E-state index is 11.0. The lowest BCUT2D eigenvalue weighted by Gasteiger charge is -2.01. The van der Waals surface area contributed by atoms with Crippen LogP contribution in [0, 0.1) is 11.3 Å². The van der Waals surface area contributed by atoms with Crippen LogP contribution in [0.3, 0.4) is 0 Å². The van der Waals surface area contributed by atoms with Gasteiger partial charge in [-0.3, -0.25) is 4.79 Å². The van der Waals surface area contributed by atoms with Gasteiger partial charge in [0.05, 0.1) is 0 Å². The molecule has 0 saturated heterocycles. The maximum absolute atomic E-state index is 11.0. The summed E-state index contributed by atoms with van der Waals surface area (Å²) in [5, 5.41) is 6.68. The Morgan fingerprint density at radius 3 is 2.42 bits per heavy atom. The van der Waals surface area contributed by atoms with Crippen molar-refractivity contribution in [3.05, 3.63) is 23.1 Å². The third-order valence-corrected chi connectivity index (χ3v) is 1.33. The first-order valence-corrected chi connectivity index (χ1v) is 3.81. The summed E-state index contributed by atoms with van der Waals surface area (Å²) in [4.78, 5) is 11.0. The standard InChI is InChI=1S/C10H13NO/c1-8(2)10(9(3)12)6-4-5-7-11/h5,7-8,11H,1-3H3. The second kappa shape index (κ2) is 5.31. The Morgan fingerprint density at radius 2 is 2.08 bits per heavy atom. The highest BCUT2D eigenvalue weighted by molar-refractivity contribution is 5.93. The van der Waals surface area contributed by atoms with Crippen molar-refractivity contribution in [1.82, 2.24) is 0 Å². The number of rotatable bonds is 3. The molecule has 0 aromatic carbocycles. The molecule has 0 aromatic rings. The van der Waals surface area contributed by atoms with E-state index in [1.54, 1.807) is 0 Å². The van der Waals surface area contributed by atoms with Gasteiger partial charge in [-0.05, 0) is 12.8 Å².